The number of ether oxygens (including phenoxy) is 1. The summed E-state index contributed by atoms with van der Waals surface area (Å²) in [5.41, 5.74) is 1.91. The number of aromatic nitrogens is 1. The van der Waals surface area contributed by atoms with Crippen LogP contribution in [0.15, 0.2) is 66.5 Å². The number of carbonyl (C=O) groups is 2. The van der Waals surface area contributed by atoms with E-state index in [1.165, 1.54) is 43.6 Å². The minimum absolute atomic E-state index is 0.0720. The molecule has 0 aliphatic heterocycles. The molecule has 1 atom stereocenters. The van der Waals surface area contributed by atoms with Gasteiger partial charge in [-0.1, -0.05) is 38.1 Å². The highest BCUT2D eigenvalue weighted by Crippen LogP contribution is 2.28. The zero-order valence-corrected chi connectivity index (χ0v) is 20.3. The second-order valence-corrected chi connectivity index (χ2v) is 8.41. The van der Waals surface area contributed by atoms with Crippen molar-refractivity contribution in [2.24, 2.45) is 5.92 Å². The van der Waals surface area contributed by atoms with Gasteiger partial charge in [-0.3, -0.25) is 9.59 Å². The number of hydrogen-bond donors (Lipinski definition) is 3. The van der Waals surface area contributed by atoms with Crippen LogP contribution in [-0.4, -0.2) is 35.1 Å². The van der Waals surface area contributed by atoms with E-state index in [2.05, 4.69) is 15.6 Å². The first-order chi connectivity index (χ1) is 17.1. The highest BCUT2D eigenvalue weighted by atomic mass is 19.1. The molecule has 3 N–H and O–H groups in total. The van der Waals surface area contributed by atoms with Crippen molar-refractivity contribution in [1.29, 1.82) is 0 Å². The van der Waals surface area contributed by atoms with E-state index >= 15 is 0 Å². The second-order valence-electron chi connectivity index (χ2n) is 8.41. The normalized spacial score (nSPS) is 11.5. The van der Waals surface area contributed by atoms with Crippen molar-refractivity contribution in [2.75, 3.05) is 7.11 Å². The molecule has 0 radical (unpaired) electrons. The van der Waals surface area contributed by atoms with Gasteiger partial charge in [0.2, 0.25) is 5.91 Å². The number of aromatic hydroxyl groups is 1. The molecule has 0 saturated heterocycles. The molecule has 9 heteroatoms. The Labute approximate surface area is 207 Å². The largest absolute Gasteiger partial charge is 0.503 e. The number of halogens is 2. The summed E-state index contributed by atoms with van der Waals surface area (Å²) in [5.74, 6) is -2.80. The molecule has 0 saturated carbocycles. The quantitative estimate of drug-likeness (QED) is 0.430. The van der Waals surface area contributed by atoms with Crippen LogP contribution < -0.4 is 15.4 Å². The number of hydrogen-bond acceptors (Lipinski definition) is 5. The predicted octanol–water partition coefficient (Wildman–Crippen LogP) is 4.42. The van der Waals surface area contributed by atoms with Gasteiger partial charge in [-0.05, 0) is 48.2 Å². The number of benzene rings is 2. The molecular weight excluding hydrogens is 468 g/mol. The minimum Gasteiger partial charge on any atom is -0.503 e. The van der Waals surface area contributed by atoms with Gasteiger partial charge in [0.05, 0.1) is 7.11 Å². The molecule has 1 heterocycles. The lowest BCUT2D eigenvalue weighted by atomic mass is 9.95. The van der Waals surface area contributed by atoms with E-state index in [4.69, 9.17) is 4.74 Å². The number of rotatable bonds is 8. The number of carbonyl (C=O) groups excluding carboxylic acids is 2. The van der Waals surface area contributed by atoms with E-state index in [9.17, 15) is 23.5 Å². The molecule has 0 unspecified atom stereocenters. The summed E-state index contributed by atoms with van der Waals surface area (Å²) in [5, 5.41) is 15.7. The standard InChI is InChI=1S/C27H27F2N3O4/c1-15(2)23(32-27(35)24-25(33)21(36-4)13-14-30-24)26(34)31-16(3)22(17-5-9-19(28)10-6-17)18-7-11-20(29)12-8-18/h5-15,23,33H,1-4H3,(H,31,34)(H,32,35)/t23-/m0/s1. The summed E-state index contributed by atoms with van der Waals surface area (Å²) in [6.45, 7) is 5.17. The highest BCUT2D eigenvalue weighted by molar-refractivity contribution is 5.99. The molecule has 188 valence electrons. The number of nitrogens with one attached hydrogen (secondary N) is 2. The molecule has 2 amide bonds. The number of amides is 2. The summed E-state index contributed by atoms with van der Waals surface area (Å²) >= 11 is 0. The molecule has 0 aliphatic carbocycles. The molecule has 2 aromatic carbocycles. The van der Waals surface area contributed by atoms with Gasteiger partial charge >= 0.3 is 0 Å². The van der Waals surface area contributed by atoms with E-state index in [-0.39, 0.29) is 17.4 Å². The van der Waals surface area contributed by atoms with Crippen molar-refractivity contribution in [3.05, 3.63) is 94.9 Å². The Hall–Kier alpha value is -4.27. The van der Waals surface area contributed by atoms with Gasteiger partial charge < -0.3 is 20.5 Å². The zero-order valence-electron chi connectivity index (χ0n) is 20.3. The Kier molecular flexibility index (Phi) is 8.37. The lowest BCUT2D eigenvalue weighted by Crippen LogP contribution is -2.49. The Bertz CT molecular complexity index is 1230. The molecule has 0 spiro atoms. The van der Waals surface area contributed by atoms with Gasteiger partial charge in [-0.25, -0.2) is 13.8 Å². The summed E-state index contributed by atoms with van der Waals surface area (Å²) in [4.78, 5) is 30.0. The van der Waals surface area contributed by atoms with Crippen LogP contribution in [0.5, 0.6) is 11.5 Å². The third-order valence-electron chi connectivity index (χ3n) is 5.51. The minimum atomic E-state index is -0.984. The number of allylic oxidation sites excluding steroid dienone is 1. The maximum absolute atomic E-state index is 13.5. The molecule has 0 fully saturated rings. The van der Waals surface area contributed by atoms with Crippen molar-refractivity contribution < 1.29 is 28.2 Å². The summed E-state index contributed by atoms with van der Waals surface area (Å²) in [6.07, 6.45) is 1.31. The fourth-order valence-corrected chi connectivity index (χ4v) is 3.67. The van der Waals surface area contributed by atoms with E-state index in [0.29, 0.717) is 22.4 Å². The van der Waals surface area contributed by atoms with Gasteiger partial charge in [0.15, 0.2) is 17.2 Å². The lowest BCUT2D eigenvalue weighted by molar-refractivity contribution is -0.123. The smallest absolute Gasteiger partial charge is 0.274 e. The monoisotopic (exact) mass is 495 g/mol. The van der Waals surface area contributed by atoms with E-state index in [1.54, 1.807) is 45.0 Å². The number of pyridine rings is 1. The van der Waals surface area contributed by atoms with Crippen LogP contribution >= 0.6 is 0 Å². The maximum Gasteiger partial charge on any atom is 0.274 e. The first-order valence-electron chi connectivity index (χ1n) is 11.2. The van der Waals surface area contributed by atoms with Crippen molar-refractivity contribution in [3.63, 3.8) is 0 Å². The zero-order chi connectivity index (χ0) is 26.4. The molecule has 0 bridgehead atoms. The third kappa shape index (κ3) is 6.04. The van der Waals surface area contributed by atoms with Gasteiger partial charge in [-0.2, -0.15) is 0 Å². The van der Waals surface area contributed by atoms with Crippen LogP contribution in [0, 0.1) is 17.6 Å². The van der Waals surface area contributed by atoms with E-state index < -0.39 is 35.2 Å². The maximum atomic E-state index is 13.5. The Balaban J connectivity index is 1.93. The summed E-state index contributed by atoms with van der Waals surface area (Å²) < 4.78 is 32.1. The van der Waals surface area contributed by atoms with Crippen molar-refractivity contribution in [2.45, 2.75) is 26.8 Å². The van der Waals surface area contributed by atoms with Crippen molar-refractivity contribution in [1.82, 2.24) is 15.6 Å². The Morgan fingerprint density at radius 3 is 1.94 bits per heavy atom. The topological polar surface area (TPSA) is 101 Å². The van der Waals surface area contributed by atoms with Crippen LogP contribution in [0.25, 0.3) is 5.57 Å². The predicted molar refractivity (Wildman–Crippen MR) is 131 cm³/mol. The van der Waals surface area contributed by atoms with Crippen molar-refractivity contribution >= 4 is 17.4 Å². The fourth-order valence-electron chi connectivity index (χ4n) is 3.67. The molecule has 3 aromatic rings. The summed E-state index contributed by atoms with van der Waals surface area (Å²) in [7, 11) is 1.34. The molecule has 0 aliphatic rings. The van der Waals surface area contributed by atoms with Crippen LogP contribution in [0.2, 0.25) is 0 Å². The van der Waals surface area contributed by atoms with Crippen LogP contribution in [0.1, 0.15) is 42.4 Å². The average Bonchev–Trinajstić information content (AvgIpc) is 2.84. The summed E-state index contributed by atoms with van der Waals surface area (Å²) in [6, 6.07) is 11.8. The van der Waals surface area contributed by atoms with Gasteiger partial charge in [0.1, 0.15) is 17.7 Å². The Morgan fingerprint density at radius 1 is 0.944 bits per heavy atom. The van der Waals surface area contributed by atoms with E-state index in [1.807, 2.05) is 0 Å². The fraction of sp³-hybridized carbons (Fsp3) is 0.222. The molecular formula is C27H27F2N3O4. The molecule has 1 aromatic heterocycles. The molecule has 7 nitrogen and oxygen atoms in total. The van der Waals surface area contributed by atoms with Crippen LogP contribution in [0.4, 0.5) is 8.78 Å². The van der Waals surface area contributed by atoms with Crippen LogP contribution in [-0.2, 0) is 4.79 Å². The average molecular weight is 496 g/mol. The third-order valence-corrected chi connectivity index (χ3v) is 5.51. The van der Waals surface area contributed by atoms with Gasteiger partial charge in [-0.15, -0.1) is 0 Å². The number of methoxy groups -OCH3 is 1. The first kappa shape index (κ1) is 26.3. The van der Waals surface area contributed by atoms with Gasteiger partial charge in [0.25, 0.3) is 5.91 Å². The number of nitrogens with zero attached hydrogens (tertiary/aromatic N) is 1. The van der Waals surface area contributed by atoms with Crippen molar-refractivity contribution in [3.8, 4) is 11.5 Å². The lowest BCUT2D eigenvalue weighted by Gasteiger charge is -2.23. The Morgan fingerprint density at radius 2 is 1.47 bits per heavy atom. The SMILES string of the molecule is COc1ccnc(C(=O)N[C@H](C(=O)NC(C)=C(c2ccc(F)cc2)c2ccc(F)cc2)C(C)C)c1O. The van der Waals surface area contributed by atoms with Gasteiger partial charge in [0, 0.05) is 23.5 Å². The molecule has 36 heavy (non-hydrogen) atoms. The van der Waals surface area contributed by atoms with E-state index in [0.717, 1.165) is 0 Å². The highest BCUT2D eigenvalue weighted by Gasteiger charge is 2.28. The van der Waals surface area contributed by atoms with Crippen LogP contribution in [0.3, 0.4) is 0 Å². The second kappa shape index (κ2) is 11.4. The molecule has 3 rings (SSSR count). The first-order valence-corrected chi connectivity index (χ1v) is 11.2.